The van der Waals surface area contributed by atoms with Crippen LogP contribution in [0.5, 0.6) is 11.5 Å². The minimum absolute atomic E-state index is 0.245. The average molecular weight is 368 g/mol. The van der Waals surface area contributed by atoms with Gasteiger partial charge in [0.15, 0.2) is 11.5 Å². The monoisotopic (exact) mass is 368 g/mol. The van der Waals surface area contributed by atoms with Crippen molar-refractivity contribution in [2.45, 2.75) is 13.1 Å². The molecule has 0 aliphatic carbocycles. The third-order valence-corrected chi connectivity index (χ3v) is 3.97. The van der Waals surface area contributed by atoms with Crippen LogP contribution in [0.25, 0.3) is 0 Å². The quantitative estimate of drug-likeness (QED) is 0.629. The zero-order chi connectivity index (χ0) is 19.1. The van der Waals surface area contributed by atoms with Crippen LogP contribution in [0.4, 0.5) is 16.2 Å². The van der Waals surface area contributed by atoms with Crippen LogP contribution >= 0.6 is 0 Å². The summed E-state index contributed by atoms with van der Waals surface area (Å²) < 4.78 is 24.2. The van der Waals surface area contributed by atoms with Gasteiger partial charge in [-0.05, 0) is 29.8 Å². The van der Waals surface area contributed by atoms with Gasteiger partial charge in [0.05, 0.1) is 14.2 Å². The van der Waals surface area contributed by atoms with Gasteiger partial charge in [-0.15, -0.1) is 0 Å². The number of nitrogens with one attached hydrogen (secondary N) is 2. The summed E-state index contributed by atoms with van der Waals surface area (Å²) in [7, 11) is 3.20. The highest BCUT2D eigenvalue weighted by Gasteiger charge is 2.06. The lowest BCUT2D eigenvalue weighted by atomic mass is 10.2. The van der Waals surface area contributed by atoms with Gasteiger partial charge in [-0.2, -0.15) is 4.98 Å². The van der Waals surface area contributed by atoms with E-state index in [0.717, 1.165) is 5.56 Å². The van der Waals surface area contributed by atoms with E-state index in [1.54, 1.807) is 44.7 Å². The number of anilines is 2. The van der Waals surface area contributed by atoms with E-state index in [9.17, 15) is 4.39 Å². The molecule has 0 amide bonds. The highest BCUT2D eigenvalue weighted by atomic mass is 19.1. The van der Waals surface area contributed by atoms with Crippen molar-refractivity contribution in [2.24, 2.45) is 0 Å². The van der Waals surface area contributed by atoms with E-state index < -0.39 is 0 Å². The first kappa shape index (κ1) is 18.4. The molecule has 0 bridgehead atoms. The molecule has 0 aliphatic rings. The standard InChI is InChI=1S/C20H21FN4O2/c1-26-17-8-7-14(11-18(17)27-2)12-24-20-22-10-9-19(25-20)23-13-15-5-3-4-6-16(15)21/h3-11H,12-13H2,1-2H3,(H2,22,23,24,25). The number of ether oxygens (including phenoxy) is 2. The summed E-state index contributed by atoms with van der Waals surface area (Å²) in [4.78, 5) is 8.61. The molecule has 3 rings (SSSR count). The molecule has 0 spiro atoms. The first-order valence-corrected chi connectivity index (χ1v) is 8.44. The topological polar surface area (TPSA) is 68.3 Å². The Morgan fingerprint density at radius 3 is 2.52 bits per heavy atom. The predicted octanol–water partition coefficient (Wildman–Crippen LogP) is 3.86. The van der Waals surface area contributed by atoms with Gasteiger partial charge in [0.2, 0.25) is 5.95 Å². The van der Waals surface area contributed by atoms with Crippen LogP contribution in [-0.2, 0) is 13.1 Å². The van der Waals surface area contributed by atoms with E-state index in [1.807, 2.05) is 18.2 Å². The van der Waals surface area contributed by atoms with Crippen molar-refractivity contribution in [3.05, 3.63) is 71.7 Å². The first-order valence-electron chi connectivity index (χ1n) is 8.44. The van der Waals surface area contributed by atoms with Gasteiger partial charge < -0.3 is 20.1 Å². The average Bonchev–Trinajstić information content (AvgIpc) is 2.71. The van der Waals surface area contributed by atoms with Gasteiger partial charge in [0.25, 0.3) is 0 Å². The first-order chi connectivity index (χ1) is 13.2. The fourth-order valence-corrected chi connectivity index (χ4v) is 2.54. The second-order valence-corrected chi connectivity index (χ2v) is 5.75. The number of benzene rings is 2. The lowest BCUT2D eigenvalue weighted by Crippen LogP contribution is -2.07. The third-order valence-electron chi connectivity index (χ3n) is 3.97. The second-order valence-electron chi connectivity index (χ2n) is 5.75. The molecule has 1 aromatic heterocycles. The van der Waals surface area contributed by atoms with E-state index in [4.69, 9.17) is 9.47 Å². The Kier molecular flexibility index (Phi) is 6.04. The normalized spacial score (nSPS) is 10.3. The number of halogens is 1. The van der Waals surface area contributed by atoms with Crippen molar-refractivity contribution >= 4 is 11.8 Å². The van der Waals surface area contributed by atoms with Crippen molar-refractivity contribution in [3.63, 3.8) is 0 Å². The van der Waals surface area contributed by atoms with Crippen LogP contribution in [0.15, 0.2) is 54.7 Å². The molecule has 6 nitrogen and oxygen atoms in total. The Morgan fingerprint density at radius 1 is 0.926 bits per heavy atom. The molecule has 7 heteroatoms. The van der Waals surface area contributed by atoms with Crippen LogP contribution in [0.1, 0.15) is 11.1 Å². The number of hydrogen-bond donors (Lipinski definition) is 2. The molecule has 0 atom stereocenters. The molecule has 0 unspecified atom stereocenters. The molecule has 2 N–H and O–H groups in total. The predicted molar refractivity (Wildman–Crippen MR) is 103 cm³/mol. The van der Waals surface area contributed by atoms with Gasteiger partial charge in [-0.25, -0.2) is 9.37 Å². The lowest BCUT2D eigenvalue weighted by molar-refractivity contribution is 0.354. The molecule has 27 heavy (non-hydrogen) atoms. The minimum atomic E-state index is -0.245. The smallest absolute Gasteiger partial charge is 0.224 e. The Hall–Kier alpha value is -3.35. The molecule has 0 fully saturated rings. The van der Waals surface area contributed by atoms with Crippen molar-refractivity contribution in [2.75, 3.05) is 24.9 Å². The van der Waals surface area contributed by atoms with Crippen molar-refractivity contribution < 1.29 is 13.9 Å². The summed E-state index contributed by atoms with van der Waals surface area (Å²) >= 11 is 0. The lowest BCUT2D eigenvalue weighted by Gasteiger charge is -2.11. The molecule has 0 aliphatic heterocycles. The Balaban J connectivity index is 1.61. The van der Waals surface area contributed by atoms with Gasteiger partial charge in [-0.1, -0.05) is 24.3 Å². The molecule has 0 radical (unpaired) electrons. The van der Waals surface area contributed by atoms with E-state index in [1.165, 1.54) is 6.07 Å². The fraction of sp³-hybridized carbons (Fsp3) is 0.200. The van der Waals surface area contributed by atoms with Gasteiger partial charge in [-0.3, -0.25) is 0 Å². The van der Waals surface area contributed by atoms with E-state index >= 15 is 0 Å². The molecular weight excluding hydrogens is 347 g/mol. The number of rotatable bonds is 8. The SMILES string of the molecule is COc1ccc(CNc2nccc(NCc3ccccc3F)n2)cc1OC. The summed E-state index contributed by atoms with van der Waals surface area (Å²) in [6.07, 6.45) is 1.65. The maximum atomic E-state index is 13.7. The van der Waals surface area contributed by atoms with Crippen LogP contribution in [0, 0.1) is 5.82 Å². The highest BCUT2D eigenvalue weighted by molar-refractivity contribution is 5.45. The minimum Gasteiger partial charge on any atom is -0.493 e. The van der Waals surface area contributed by atoms with Crippen LogP contribution < -0.4 is 20.1 Å². The van der Waals surface area contributed by atoms with Gasteiger partial charge >= 0.3 is 0 Å². The second kappa shape index (κ2) is 8.84. The summed E-state index contributed by atoms with van der Waals surface area (Å²) in [5.41, 5.74) is 1.58. The zero-order valence-electron chi connectivity index (χ0n) is 15.2. The van der Waals surface area contributed by atoms with Gasteiger partial charge in [0.1, 0.15) is 11.6 Å². The largest absolute Gasteiger partial charge is 0.493 e. The van der Waals surface area contributed by atoms with Crippen molar-refractivity contribution in [1.82, 2.24) is 9.97 Å². The highest BCUT2D eigenvalue weighted by Crippen LogP contribution is 2.27. The summed E-state index contributed by atoms with van der Waals surface area (Å²) in [5, 5.41) is 6.27. The maximum absolute atomic E-state index is 13.7. The molecule has 0 saturated carbocycles. The molecule has 3 aromatic rings. The molecule has 1 heterocycles. The number of hydrogen-bond acceptors (Lipinski definition) is 6. The molecule has 0 saturated heterocycles. The Labute approximate surface area is 157 Å². The van der Waals surface area contributed by atoms with Gasteiger partial charge in [0, 0.05) is 24.8 Å². The summed E-state index contributed by atoms with van der Waals surface area (Å²) in [6, 6.07) is 14.1. The van der Waals surface area contributed by atoms with Crippen LogP contribution in [0.2, 0.25) is 0 Å². The van der Waals surface area contributed by atoms with E-state index in [0.29, 0.717) is 41.9 Å². The number of aromatic nitrogens is 2. The Morgan fingerprint density at radius 2 is 1.74 bits per heavy atom. The molecular formula is C20H21FN4O2. The maximum Gasteiger partial charge on any atom is 0.224 e. The van der Waals surface area contributed by atoms with Crippen molar-refractivity contribution in [3.8, 4) is 11.5 Å². The third kappa shape index (κ3) is 4.84. The van der Waals surface area contributed by atoms with E-state index in [2.05, 4.69) is 20.6 Å². The summed E-state index contributed by atoms with van der Waals surface area (Å²) in [6.45, 7) is 0.871. The van der Waals surface area contributed by atoms with Crippen LogP contribution in [0.3, 0.4) is 0 Å². The number of nitrogens with zero attached hydrogens (tertiary/aromatic N) is 2. The van der Waals surface area contributed by atoms with E-state index in [-0.39, 0.29) is 5.82 Å². The van der Waals surface area contributed by atoms with Crippen LogP contribution in [-0.4, -0.2) is 24.2 Å². The fourth-order valence-electron chi connectivity index (χ4n) is 2.54. The zero-order valence-corrected chi connectivity index (χ0v) is 15.2. The Bertz CT molecular complexity index is 905. The molecule has 140 valence electrons. The summed E-state index contributed by atoms with van der Waals surface area (Å²) in [5.74, 6) is 2.19. The number of methoxy groups -OCH3 is 2. The van der Waals surface area contributed by atoms with Crippen molar-refractivity contribution in [1.29, 1.82) is 0 Å². The molecule has 2 aromatic carbocycles.